The van der Waals surface area contributed by atoms with Crippen LogP contribution in [0.3, 0.4) is 0 Å². The molecule has 0 atom stereocenters. The highest BCUT2D eigenvalue weighted by atomic mass is 79.9. The summed E-state index contributed by atoms with van der Waals surface area (Å²) in [6, 6.07) is 24.9. The molecule has 1 N–H and O–H groups in total. The Morgan fingerprint density at radius 2 is 1.65 bits per heavy atom. The van der Waals surface area contributed by atoms with Gasteiger partial charge in [0.05, 0.1) is 25.2 Å². The molecule has 2 aromatic heterocycles. The predicted octanol–water partition coefficient (Wildman–Crippen LogP) is 2.16. The summed E-state index contributed by atoms with van der Waals surface area (Å²) in [4.78, 5) is 11.3. The molecule has 0 aliphatic carbocycles. The first-order valence-electron chi connectivity index (χ1n) is 12.0. The lowest BCUT2D eigenvalue weighted by atomic mass is 10.1. The number of rotatable bonds is 10. The number of nitrogens with zero attached hydrogens (tertiary/aromatic N) is 2. The van der Waals surface area contributed by atoms with E-state index >= 15 is 0 Å². The standard InChI is InChI=1S/C30H28N2O4.BrH/c1-35-18-19-36-17-16-32-28-9-5-3-7-25(28)26-20-22(11-13-29(26)32)10-12-23-14-15-31(21-30(33)34)27-8-4-2-6-24(23)27;/h2-15,20H,16-19,21H2,1H3;1H. The average molecular weight is 561 g/mol. The zero-order valence-electron chi connectivity index (χ0n) is 20.6. The molecule has 0 aliphatic rings. The molecular weight excluding hydrogens is 532 g/mol. The largest absolute Gasteiger partial charge is 1.00 e. The second-order valence-corrected chi connectivity index (χ2v) is 8.69. The van der Waals surface area contributed by atoms with Gasteiger partial charge in [0.1, 0.15) is 0 Å². The third-order valence-corrected chi connectivity index (χ3v) is 6.41. The van der Waals surface area contributed by atoms with Crippen LogP contribution in [0.5, 0.6) is 0 Å². The Kier molecular flexibility index (Phi) is 8.71. The number of pyridine rings is 1. The van der Waals surface area contributed by atoms with E-state index in [1.165, 1.54) is 21.8 Å². The van der Waals surface area contributed by atoms with Crippen molar-refractivity contribution >= 4 is 50.8 Å². The van der Waals surface area contributed by atoms with Gasteiger partial charge in [-0.25, -0.2) is 4.79 Å². The topological polar surface area (TPSA) is 64.6 Å². The quantitative estimate of drug-likeness (QED) is 0.210. The molecule has 2 heterocycles. The number of carbonyl (C=O) groups is 1. The predicted molar refractivity (Wildman–Crippen MR) is 143 cm³/mol. The highest BCUT2D eigenvalue weighted by Gasteiger charge is 2.14. The Morgan fingerprint density at radius 3 is 2.46 bits per heavy atom. The number of methoxy groups -OCH3 is 1. The molecule has 0 fully saturated rings. The molecule has 37 heavy (non-hydrogen) atoms. The van der Waals surface area contributed by atoms with Gasteiger partial charge in [0.2, 0.25) is 12.1 Å². The van der Waals surface area contributed by atoms with E-state index in [1.807, 2.05) is 36.5 Å². The molecule has 190 valence electrons. The second-order valence-electron chi connectivity index (χ2n) is 8.69. The van der Waals surface area contributed by atoms with Gasteiger partial charge in [0.25, 0.3) is 0 Å². The molecule has 0 unspecified atom stereocenters. The van der Waals surface area contributed by atoms with Crippen molar-refractivity contribution in [1.29, 1.82) is 0 Å². The normalized spacial score (nSPS) is 11.5. The van der Waals surface area contributed by atoms with Crippen LogP contribution in [-0.4, -0.2) is 42.6 Å². The van der Waals surface area contributed by atoms with Crippen LogP contribution in [0.2, 0.25) is 0 Å². The number of carboxylic acid groups (broad SMARTS) is 1. The van der Waals surface area contributed by atoms with Gasteiger partial charge < -0.3 is 36.1 Å². The average Bonchev–Trinajstić information content (AvgIpc) is 3.21. The Labute approximate surface area is 226 Å². The lowest BCUT2D eigenvalue weighted by molar-refractivity contribution is -0.660. The molecule has 0 amide bonds. The van der Waals surface area contributed by atoms with Crippen LogP contribution in [0.25, 0.3) is 44.9 Å². The van der Waals surface area contributed by atoms with Crippen LogP contribution in [0.1, 0.15) is 11.1 Å². The summed E-state index contributed by atoms with van der Waals surface area (Å²) in [6.07, 6.45) is 6.04. The van der Waals surface area contributed by atoms with Crippen LogP contribution >= 0.6 is 0 Å². The molecule has 7 heteroatoms. The fraction of sp³-hybridized carbons (Fsp3) is 0.200. The molecule has 5 rings (SSSR count). The summed E-state index contributed by atoms with van der Waals surface area (Å²) >= 11 is 0. The molecule has 3 aromatic carbocycles. The Balaban J connectivity index is 0.00000320. The zero-order chi connectivity index (χ0) is 24.9. The minimum absolute atomic E-state index is 0. The number of hydrogen-bond donors (Lipinski definition) is 1. The zero-order valence-corrected chi connectivity index (χ0v) is 22.2. The second kappa shape index (κ2) is 12.1. The summed E-state index contributed by atoms with van der Waals surface area (Å²) < 4.78 is 14.9. The van der Waals surface area contributed by atoms with Crippen molar-refractivity contribution in [1.82, 2.24) is 4.57 Å². The molecule has 0 aliphatic heterocycles. The molecule has 0 spiro atoms. The highest BCUT2D eigenvalue weighted by Crippen LogP contribution is 2.30. The van der Waals surface area contributed by atoms with Gasteiger partial charge in [-0.2, -0.15) is 4.57 Å². The summed E-state index contributed by atoms with van der Waals surface area (Å²) in [5.41, 5.74) is 5.42. The van der Waals surface area contributed by atoms with Gasteiger partial charge in [-0.05, 0) is 35.4 Å². The van der Waals surface area contributed by atoms with Crippen LogP contribution in [0, 0.1) is 0 Å². The van der Waals surface area contributed by atoms with E-state index in [4.69, 9.17) is 9.47 Å². The van der Waals surface area contributed by atoms with E-state index in [9.17, 15) is 9.90 Å². The summed E-state index contributed by atoms with van der Waals surface area (Å²) in [6.45, 7) is 2.52. The van der Waals surface area contributed by atoms with E-state index in [2.05, 4.69) is 59.2 Å². The van der Waals surface area contributed by atoms with E-state index in [-0.39, 0.29) is 23.5 Å². The molecule has 0 saturated heterocycles. The third-order valence-electron chi connectivity index (χ3n) is 6.41. The van der Waals surface area contributed by atoms with Crippen molar-refractivity contribution in [3.63, 3.8) is 0 Å². The first-order valence-corrected chi connectivity index (χ1v) is 12.0. The summed E-state index contributed by atoms with van der Waals surface area (Å²) in [7, 11) is 1.68. The molecule has 0 saturated carbocycles. The van der Waals surface area contributed by atoms with Crippen molar-refractivity contribution in [2.45, 2.75) is 13.1 Å². The van der Waals surface area contributed by atoms with Crippen LogP contribution in [-0.2, 0) is 27.4 Å². The van der Waals surface area contributed by atoms with Gasteiger partial charge >= 0.3 is 5.97 Å². The number of aliphatic carboxylic acids is 1. The lowest BCUT2D eigenvalue weighted by Crippen LogP contribution is -3.00. The van der Waals surface area contributed by atoms with Crippen LogP contribution in [0.4, 0.5) is 0 Å². The monoisotopic (exact) mass is 560 g/mol. The van der Waals surface area contributed by atoms with Crippen LogP contribution in [0.15, 0.2) is 79.0 Å². The third kappa shape index (κ3) is 5.74. The van der Waals surface area contributed by atoms with Gasteiger partial charge in [-0.1, -0.05) is 48.6 Å². The van der Waals surface area contributed by atoms with Crippen molar-refractivity contribution in [3.05, 3.63) is 90.1 Å². The Hall–Kier alpha value is -3.52. The molecule has 5 aromatic rings. The maximum Gasteiger partial charge on any atom is 0.370 e. The number of ether oxygens (including phenoxy) is 2. The molecule has 0 radical (unpaired) electrons. The van der Waals surface area contributed by atoms with E-state index in [1.54, 1.807) is 11.7 Å². The van der Waals surface area contributed by atoms with Gasteiger partial charge in [-0.3, -0.25) is 0 Å². The van der Waals surface area contributed by atoms with Crippen molar-refractivity contribution < 1.29 is 40.9 Å². The van der Waals surface area contributed by atoms with Crippen LogP contribution < -0.4 is 21.5 Å². The minimum Gasteiger partial charge on any atom is -1.00 e. The molecule has 0 bridgehead atoms. The van der Waals surface area contributed by atoms with Crippen molar-refractivity contribution in [2.75, 3.05) is 26.9 Å². The number of hydrogen-bond acceptors (Lipinski definition) is 3. The molecule has 6 nitrogen and oxygen atoms in total. The smallest absolute Gasteiger partial charge is 0.370 e. The van der Waals surface area contributed by atoms with Gasteiger partial charge in [-0.15, -0.1) is 0 Å². The number of halogens is 1. The fourth-order valence-corrected chi connectivity index (χ4v) is 4.74. The minimum atomic E-state index is -0.859. The van der Waals surface area contributed by atoms with Gasteiger partial charge in [0, 0.05) is 47.6 Å². The first kappa shape index (κ1) is 26.5. The number of para-hydroxylation sites is 2. The van der Waals surface area contributed by atoms with Gasteiger partial charge in [0.15, 0.2) is 6.20 Å². The maximum absolute atomic E-state index is 11.3. The molecular formula is C30H29BrN2O4. The fourth-order valence-electron chi connectivity index (χ4n) is 4.74. The highest BCUT2D eigenvalue weighted by molar-refractivity contribution is 6.08. The number of carboxylic acids is 1. The van der Waals surface area contributed by atoms with Crippen molar-refractivity contribution in [2.24, 2.45) is 0 Å². The summed E-state index contributed by atoms with van der Waals surface area (Å²) in [5, 5.41) is 12.7. The number of benzene rings is 3. The summed E-state index contributed by atoms with van der Waals surface area (Å²) in [5.74, 6) is -0.859. The first-order chi connectivity index (χ1) is 17.7. The number of fused-ring (bicyclic) bond motifs is 4. The van der Waals surface area contributed by atoms with E-state index < -0.39 is 5.97 Å². The SMILES string of the molecule is COCCOCCn1c2ccccc2c2cc(/C=C/c3cc[n+](CC(=O)O)c4ccccc34)ccc21.[Br-]. The lowest BCUT2D eigenvalue weighted by Gasteiger charge is -2.08. The van der Waals surface area contributed by atoms with E-state index in [0.717, 1.165) is 28.6 Å². The Morgan fingerprint density at radius 1 is 0.892 bits per heavy atom. The van der Waals surface area contributed by atoms with Crippen molar-refractivity contribution in [3.8, 4) is 0 Å². The Bertz CT molecular complexity index is 1570. The number of aromatic nitrogens is 2. The van der Waals surface area contributed by atoms with E-state index in [0.29, 0.717) is 19.8 Å². The maximum atomic E-state index is 11.3.